The number of rotatable bonds is 5. The van der Waals surface area contributed by atoms with Crippen molar-refractivity contribution in [3.05, 3.63) is 42.6 Å². The fourth-order valence-corrected chi connectivity index (χ4v) is 3.71. The number of hydrogen-bond donors (Lipinski definition) is 2. The van der Waals surface area contributed by atoms with E-state index < -0.39 is 0 Å². The van der Waals surface area contributed by atoms with E-state index in [0.29, 0.717) is 18.4 Å². The fraction of sp³-hybridized carbons (Fsp3) is 0.381. The van der Waals surface area contributed by atoms with Gasteiger partial charge >= 0.3 is 0 Å². The van der Waals surface area contributed by atoms with Gasteiger partial charge in [-0.1, -0.05) is 25.3 Å². The third-order valence-corrected chi connectivity index (χ3v) is 5.01. The molecule has 0 unspecified atom stereocenters. The summed E-state index contributed by atoms with van der Waals surface area (Å²) in [5, 5.41) is 13.8. The summed E-state index contributed by atoms with van der Waals surface area (Å²) in [4.78, 5) is 4.84. The van der Waals surface area contributed by atoms with Gasteiger partial charge in [0.05, 0.1) is 6.61 Å². The number of aromatic hydroxyl groups is 1. The molecular weight excluding hydrogens is 326 g/mol. The van der Waals surface area contributed by atoms with E-state index >= 15 is 0 Å². The Balaban J connectivity index is 1.78. The molecule has 1 aromatic carbocycles. The lowest BCUT2D eigenvalue weighted by Crippen LogP contribution is -2.23. The molecule has 0 radical (unpaired) electrons. The van der Waals surface area contributed by atoms with Gasteiger partial charge in [0.1, 0.15) is 17.2 Å². The van der Waals surface area contributed by atoms with E-state index in [2.05, 4.69) is 9.72 Å². The summed E-state index contributed by atoms with van der Waals surface area (Å²) in [6.45, 7) is 2.42. The number of fused-ring (bicyclic) bond motifs is 1. The minimum Gasteiger partial charge on any atom is -0.504 e. The largest absolute Gasteiger partial charge is 0.504 e. The lowest BCUT2D eigenvalue weighted by atomic mass is 9.95. The second kappa shape index (κ2) is 7.28. The highest BCUT2D eigenvalue weighted by Crippen LogP contribution is 2.36. The smallest absolute Gasteiger partial charge is 0.161 e. The summed E-state index contributed by atoms with van der Waals surface area (Å²) in [6, 6.07) is 11.9. The van der Waals surface area contributed by atoms with Crippen LogP contribution in [0.1, 0.15) is 39.0 Å². The van der Waals surface area contributed by atoms with Crippen LogP contribution in [0.4, 0.5) is 5.82 Å². The summed E-state index contributed by atoms with van der Waals surface area (Å²) < 4.78 is 7.67. The topological polar surface area (TPSA) is 58.8 Å². The van der Waals surface area contributed by atoms with Crippen LogP contribution in [0.25, 0.3) is 16.9 Å². The number of pyridine rings is 1. The van der Waals surface area contributed by atoms with Gasteiger partial charge in [0.25, 0.3) is 0 Å². The number of benzene rings is 1. The van der Waals surface area contributed by atoms with Crippen molar-refractivity contribution in [1.82, 2.24) is 9.38 Å². The maximum absolute atomic E-state index is 10.0. The number of phenols is 1. The highest BCUT2D eigenvalue weighted by Gasteiger charge is 2.20. The number of phenolic OH excluding ortho intramolecular Hbond substituents is 1. The van der Waals surface area contributed by atoms with Crippen LogP contribution in [0, 0.1) is 0 Å². The summed E-state index contributed by atoms with van der Waals surface area (Å²) in [5.74, 6) is 1.66. The molecule has 0 aliphatic heterocycles. The van der Waals surface area contributed by atoms with Crippen molar-refractivity contribution in [2.24, 2.45) is 0 Å². The molecule has 1 fully saturated rings. The first-order chi connectivity index (χ1) is 12.8. The highest BCUT2D eigenvalue weighted by molar-refractivity contribution is 5.78. The monoisotopic (exact) mass is 351 g/mol. The van der Waals surface area contributed by atoms with Gasteiger partial charge in [0, 0.05) is 17.8 Å². The van der Waals surface area contributed by atoms with Crippen molar-refractivity contribution in [1.29, 1.82) is 0 Å². The van der Waals surface area contributed by atoms with Gasteiger partial charge in [-0.25, -0.2) is 4.98 Å². The molecule has 0 spiro atoms. The Kier molecular flexibility index (Phi) is 4.69. The Labute approximate surface area is 153 Å². The summed E-state index contributed by atoms with van der Waals surface area (Å²) >= 11 is 0. The Morgan fingerprint density at radius 3 is 2.85 bits per heavy atom. The van der Waals surface area contributed by atoms with E-state index in [-0.39, 0.29) is 5.75 Å². The van der Waals surface area contributed by atoms with Crippen molar-refractivity contribution in [3.63, 3.8) is 0 Å². The van der Waals surface area contributed by atoms with Crippen molar-refractivity contribution < 1.29 is 9.84 Å². The Bertz CT molecular complexity index is 897. The van der Waals surface area contributed by atoms with E-state index in [9.17, 15) is 5.11 Å². The lowest BCUT2D eigenvalue weighted by Gasteiger charge is -2.24. The molecule has 5 heteroatoms. The number of ether oxygens (including phenoxy) is 1. The maximum atomic E-state index is 10.0. The van der Waals surface area contributed by atoms with Gasteiger partial charge in [0.2, 0.25) is 0 Å². The normalized spacial score (nSPS) is 15.3. The summed E-state index contributed by atoms with van der Waals surface area (Å²) in [5.41, 5.74) is 2.74. The minimum atomic E-state index is 0.154. The molecule has 2 N–H and O–H groups in total. The van der Waals surface area contributed by atoms with E-state index in [1.165, 1.54) is 32.1 Å². The quantitative estimate of drug-likeness (QED) is 0.690. The van der Waals surface area contributed by atoms with Gasteiger partial charge in [-0.3, -0.25) is 4.40 Å². The molecule has 0 amide bonds. The number of nitrogens with one attached hydrogen (secondary N) is 1. The second-order valence-electron chi connectivity index (χ2n) is 6.83. The van der Waals surface area contributed by atoms with Crippen LogP contribution in [0.15, 0.2) is 42.6 Å². The van der Waals surface area contributed by atoms with Crippen LogP contribution >= 0.6 is 0 Å². The number of aromatic nitrogens is 2. The zero-order valence-corrected chi connectivity index (χ0v) is 15.1. The first kappa shape index (κ1) is 16.8. The van der Waals surface area contributed by atoms with Gasteiger partial charge in [-0.2, -0.15) is 0 Å². The van der Waals surface area contributed by atoms with Crippen molar-refractivity contribution in [3.8, 4) is 22.8 Å². The molecule has 1 aliphatic carbocycles. The van der Waals surface area contributed by atoms with E-state index in [4.69, 9.17) is 9.72 Å². The van der Waals surface area contributed by atoms with Crippen LogP contribution in [0.3, 0.4) is 0 Å². The standard InChI is InChI=1S/C21H25N3O2/c1-2-26-18-14-15(11-12-17(18)25)20-21(22-16-8-4-3-5-9-16)24-13-7-6-10-19(24)23-20/h6-7,10-14,16,22,25H,2-5,8-9H2,1H3. The lowest BCUT2D eigenvalue weighted by molar-refractivity contribution is 0.318. The average Bonchev–Trinajstić information content (AvgIpc) is 3.03. The SMILES string of the molecule is CCOc1cc(-c2nc3ccccn3c2NC2CCCCC2)ccc1O. The van der Waals surface area contributed by atoms with Crippen LogP contribution in [-0.4, -0.2) is 27.1 Å². The molecule has 26 heavy (non-hydrogen) atoms. The number of hydrogen-bond acceptors (Lipinski definition) is 4. The zero-order chi connectivity index (χ0) is 17.9. The summed E-state index contributed by atoms with van der Waals surface area (Å²) in [7, 11) is 0. The maximum Gasteiger partial charge on any atom is 0.161 e. The predicted molar refractivity (Wildman–Crippen MR) is 104 cm³/mol. The molecule has 5 nitrogen and oxygen atoms in total. The van der Waals surface area contributed by atoms with Crippen LogP contribution < -0.4 is 10.1 Å². The zero-order valence-electron chi connectivity index (χ0n) is 15.1. The minimum absolute atomic E-state index is 0.154. The van der Waals surface area contributed by atoms with Crippen molar-refractivity contribution in [2.75, 3.05) is 11.9 Å². The molecule has 0 bridgehead atoms. The average molecular weight is 351 g/mol. The molecule has 0 saturated heterocycles. The molecule has 1 aliphatic rings. The van der Waals surface area contributed by atoms with Gasteiger partial charge in [-0.05, 0) is 50.1 Å². The first-order valence-corrected chi connectivity index (χ1v) is 9.46. The second-order valence-corrected chi connectivity index (χ2v) is 6.83. The molecule has 2 heterocycles. The molecule has 4 rings (SSSR count). The first-order valence-electron chi connectivity index (χ1n) is 9.46. The van der Waals surface area contributed by atoms with Crippen LogP contribution in [0.2, 0.25) is 0 Å². The van der Waals surface area contributed by atoms with Crippen LogP contribution in [0.5, 0.6) is 11.5 Å². The summed E-state index contributed by atoms with van der Waals surface area (Å²) in [6.07, 6.45) is 8.31. The predicted octanol–water partition coefficient (Wildman–Crippen LogP) is 4.85. The fourth-order valence-electron chi connectivity index (χ4n) is 3.71. The van der Waals surface area contributed by atoms with E-state index in [1.54, 1.807) is 6.07 Å². The van der Waals surface area contributed by atoms with E-state index in [0.717, 1.165) is 22.7 Å². The molecule has 2 aromatic heterocycles. The molecular formula is C21H25N3O2. The van der Waals surface area contributed by atoms with Gasteiger partial charge in [-0.15, -0.1) is 0 Å². The molecule has 0 atom stereocenters. The highest BCUT2D eigenvalue weighted by atomic mass is 16.5. The molecule has 3 aromatic rings. The Morgan fingerprint density at radius 2 is 2.04 bits per heavy atom. The van der Waals surface area contributed by atoms with Gasteiger partial charge < -0.3 is 15.2 Å². The van der Waals surface area contributed by atoms with Crippen molar-refractivity contribution in [2.45, 2.75) is 45.1 Å². The molecule has 136 valence electrons. The number of imidazole rings is 1. The van der Waals surface area contributed by atoms with Crippen LogP contribution in [-0.2, 0) is 0 Å². The van der Waals surface area contributed by atoms with Crippen molar-refractivity contribution >= 4 is 11.5 Å². The van der Waals surface area contributed by atoms with Gasteiger partial charge in [0.15, 0.2) is 11.5 Å². The third kappa shape index (κ3) is 3.21. The third-order valence-electron chi connectivity index (χ3n) is 5.01. The Morgan fingerprint density at radius 1 is 1.19 bits per heavy atom. The van der Waals surface area contributed by atoms with E-state index in [1.807, 2.05) is 43.5 Å². The number of nitrogens with zero attached hydrogens (tertiary/aromatic N) is 2. The Hall–Kier alpha value is -2.69. The number of anilines is 1. The molecule has 1 saturated carbocycles.